The third-order valence-electron chi connectivity index (χ3n) is 3.76. The first kappa shape index (κ1) is 17.6. The molecule has 0 saturated carbocycles. The van der Waals surface area contributed by atoms with Crippen molar-refractivity contribution in [2.24, 2.45) is 0 Å². The minimum absolute atomic E-state index is 0.0813. The molecule has 0 aliphatic carbocycles. The summed E-state index contributed by atoms with van der Waals surface area (Å²) >= 11 is 18.0. The van der Waals surface area contributed by atoms with Gasteiger partial charge in [-0.15, -0.1) is 0 Å². The number of pyridine rings is 1. The molecule has 0 fully saturated rings. The number of nitriles is 1. The summed E-state index contributed by atoms with van der Waals surface area (Å²) in [5, 5.41) is 10.6. The Hall–Kier alpha value is -2.25. The third kappa shape index (κ3) is 3.72. The van der Waals surface area contributed by atoms with Crippen molar-refractivity contribution >= 4 is 34.8 Å². The van der Waals surface area contributed by atoms with E-state index in [1.807, 2.05) is 18.2 Å². The molecule has 3 nitrogen and oxygen atoms in total. The Morgan fingerprint density at radius 1 is 0.920 bits per heavy atom. The lowest BCUT2D eigenvalue weighted by Gasteiger charge is -2.14. The summed E-state index contributed by atoms with van der Waals surface area (Å²) in [6, 6.07) is 17.6. The van der Waals surface area contributed by atoms with E-state index in [1.165, 1.54) is 6.07 Å². The number of rotatable bonds is 3. The van der Waals surface area contributed by atoms with Crippen LogP contribution in [0, 0.1) is 11.3 Å². The minimum atomic E-state index is -0.360. The van der Waals surface area contributed by atoms with Gasteiger partial charge in [-0.2, -0.15) is 5.26 Å². The summed E-state index contributed by atoms with van der Waals surface area (Å²) in [4.78, 5) is 12.7. The highest BCUT2D eigenvalue weighted by atomic mass is 35.5. The zero-order chi connectivity index (χ0) is 18.0. The molecule has 6 heteroatoms. The van der Waals surface area contributed by atoms with Gasteiger partial charge in [-0.1, -0.05) is 53.0 Å². The standard InChI is InChI=1S/C19H11Cl3N2O/c20-15-5-2-13(3-6-15)18-8-4-14(10-23)19(25)24(18)11-12-1-7-16(21)17(22)9-12/h1-9H,11H2. The smallest absolute Gasteiger partial charge is 0.269 e. The molecule has 0 N–H and O–H groups in total. The van der Waals surface area contributed by atoms with Crippen LogP contribution in [0.25, 0.3) is 11.3 Å². The van der Waals surface area contributed by atoms with Gasteiger partial charge in [0, 0.05) is 5.02 Å². The van der Waals surface area contributed by atoms with Crippen LogP contribution in [0.5, 0.6) is 0 Å². The van der Waals surface area contributed by atoms with E-state index < -0.39 is 0 Å². The van der Waals surface area contributed by atoms with Gasteiger partial charge < -0.3 is 4.57 Å². The Labute approximate surface area is 159 Å². The molecule has 25 heavy (non-hydrogen) atoms. The van der Waals surface area contributed by atoms with Crippen molar-refractivity contribution in [1.29, 1.82) is 5.26 Å². The normalized spacial score (nSPS) is 10.5. The summed E-state index contributed by atoms with van der Waals surface area (Å²) in [6.07, 6.45) is 0. The SMILES string of the molecule is N#Cc1ccc(-c2ccc(Cl)cc2)n(Cc2ccc(Cl)c(Cl)c2)c1=O. The number of halogens is 3. The summed E-state index contributed by atoms with van der Waals surface area (Å²) in [5.41, 5.74) is 2.04. The van der Waals surface area contributed by atoms with Gasteiger partial charge in [-0.25, -0.2) is 0 Å². The van der Waals surface area contributed by atoms with E-state index in [0.717, 1.165) is 11.1 Å². The third-order valence-corrected chi connectivity index (χ3v) is 4.75. The van der Waals surface area contributed by atoms with Crippen LogP contribution < -0.4 is 5.56 Å². The summed E-state index contributed by atoms with van der Waals surface area (Å²) in [5.74, 6) is 0. The van der Waals surface area contributed by atoms with Crippen LogP contribution in [-0.4, -0.2) is 4.57 Å². The van der Waals surface area contributed by atoms with Gasteiger partial charge in [0.1, 0.15) is 11.6 Å². The lowest BCUT2D eigenvalue weighted by atomic mass is 10.1. The average Bonchev–Trinajstić information content (AvgIpc) is 2.61. The molecule has 0 radical (unpaired) electrons. The van der Waals surface area contributed by atoms with E-state index in [-0.39, 0.29) is 17.7 Å². The number of nitrogens with zero attached hydrogens (tertiary/aromatic N) is 2. The predicted octanol–water partition coefficient (Wildman–Crippen LogP) is 5.40. The first-order valence-corrected chi connectivity index (χ1v) is 8.47. The highest BCUT2D eigenvalue weighted by Gasteiger charge is 2.12. The summed E-state index contributed by atoms with van der Waals surface area (Å²) in [7, 11) is 0. The Morgan fingerprint density at radius 2 is 1.64 bits per heavy atom. The second-order valence-electron chi connectivity index (χ2n) is 5.39. The number of aromatic nitrogens is 1. The fourth-order valence-corrected chi connectivity index (χ4v) is 2.96. The Kier molecular flexibility index (Phi) is 5.15. The molecule has 0 bridgehead atoms. The molecule has 0 atom stereocenters. The van der Waals surface area contributed by atoms with Gasteiger partial charge in [-0.3, -0.25) is 4.79 Å². The number of benzene rings is 2. The molecule has 0 amide bonds. The highest BCUT2D eigenvalue weighted by Crippen LogP contribution is 2.25. The largest absolute Gasteiger partial charge is 0.303 e. The molecule has 3 rings (SSSR count). The zero-order valence-corrected chi connectivity index (χ0v) is 15.1. The first-order chi connectivity index (χ1) is 12.0. The van der Waals surface area contributed by atoms with E-state index in [0.29, 0.717) is 20.8 Å². The van der Waals surface area contributed by atoms with Crippen molar-refractivity contribution in [3.8, 4) is 17.3 Å². The van der Waals surface area contributed by atoms with E-state index in [9.17, 15) is 4.79 Å². The van der Waals surface area contributed by atoms with Crippen molar-refractivity contribution in [3.63, 3.8) is 0 Å². The van der Waals surface area contributed by atoms with Gasteiger partial charge in [-0.05, 0) is 47.5 Å². The molecule has 124 valence electrons. The maximum absolute atomic E-state index is 12.7. The Bertz CT molecular complexity index is 1030. The Morgan fingerprint density at radius 3 is 2.28 bits per heavy atom. The molecule has 0 aliphatic heterocycles. The zero-order valence-electron chi connectivity index (χ0n) is 12.8. The van der Waals surface area contributed by atoms with Crippen molar-refractivity contribution in [2.45, 2.75) is 6.54 Å². The van der Waals surface area contributed by atoms with Crippen molar-refractivity contribution < 1.29 is 0 Å². The van der Waals surface area contributed by atoms with Crippen LogP contribution in [0.2, 0.25) is 15.1 Å². The lowest BCUT2D eigenvalue weighted by Crippen LogP contribution is -2.24. The molecule has 1 heterocycles. The molecule has 0 unspecified atom stereocenters. The van der Waals surface area contributed by atoms with Crippen molar-refractivity contribution in [2.75, 3.05) is 0 Å². The fourth-order valence-electron chi connectivity index (χ4n) is 2.51. The number of hydrogen-bond donors (Lipinski definition) is 0. The van der Waals surface area contributed by atoms with Crippen LogP contribution in [0.15, 0.2) is 59.4 Å². The van der Waals surface area contributed by atoms with Gasteiger partial charge in [0.25, 0.3) is 5.56 Å². The second kappa shape index (κ2) is 7.33. The predicted molar refractivity (Wildman–Crippen MR) is 101 cm³/mol. The second-order valence-corrected chi connectivity index (χ2v) is 6.64. The molecule has 3 aromatic rings. The molecular weight excluding hydrogens is 379 g/mol. The first-order valence-electron chi connectivity index (χ1n) is 7.33. The maximum Gasteiger partial charge on any atom is 0.269 e. The molecule has 0 aliphatic rings. The van der Waals surface area contributed by atoms with E-state index in [2.05, 4.69) is 0 Å². The molecule has 0 saturated heterocycles. The van der Waals surface area contributed by atoms with E-state index in [1.54, 1.807) is 41.0 Å². The number of hydrogen-bond acceptors (Lipinski definition) is 2. The monoisotopic (exact) mass is 388 g/mol. The van der Waals surface area contributed by atoms with Crippen LogP contribution in [0.4, 0.5) is 0 Å². The van der Waals surface area contributed by atoms with Crippen LogP contribution in [0.3, 0.4) is 0 Å². The van der Waals surface area contributed by atoms with Crippen LogP contribution in [0.1, 0.15) is 11.1 Å². The minimum Gasteiger partial charge on any atom is -0.303 e. The topological polar surface area (TPSA) is 45.8 Å². The van der Waals surface area contributed by atoms with E-state index in [4.69, 9.17) is 40.1 Å². The summed E-state index contributed by atoms with van der Waals surface area (Å²) in [6.45, 7) is 0.267. The average molecular weight is 390 g/mol. The van der Waals surface area contributed by atoms with Gasteiger partial charge in [0.15, 0.2) is 0 Å². The quantitative estimate of drug-likeness (QED) is 0.602. The van der Waals surface area contributed by atoms with Gasteiger partial charge in [0.05, 0.1) is 22.3 Å². The molecule has 0 spiro atoms. The van der Waals surface area contributed by atoms with Gasteiger partial charge in [0.2, 0.25) is 0 Å². The highest BCUT2D eigenvalue weighted by molar-refractivity contribution is 6.42. The Balaban J connectivity index is 2.15. The fraction of sp³-hybridized carbons (Fsp3) is 0.0526. The van der Waals surface area contributed by atoms with Crippen molar-refractivity contribution in [1.82, 2.24) is 4.57 Å². The molecule has 1 aromatic heterocycles. The van der Waals surface area contributed by atoms with Gasteiger partial charge >= 0.3 is 0 Å². The van der Waals surface area contributed by atoms with E-state index >= 15 is 0 Å². The summed E-state index contributed by atoms with van der Waals surface area (Å²) < 4.78 is 1.54. The van der Waals surface area contributed by atoms with Crippen LogP contribution in [-0.2, 0) is 6.54 Å². The molecule has 2 aromatic carbocycles. The van der Waals surface area contributed by atoms with Crippen LogP contribution >= 0.6 is 34.8 Å². The molecular formula is C19H11Cl3N2O. The lowest BCUT2D eigenvalue weighted by molar-refractivity contribution is 0.765. The maximum atomic E-state index is 12.7. The van der Waals surface area contributed by atoms with Crippen molar-refractivity contribution in [3.05, 3.63) is 91.1 Å².